The molecule has 224 valence electrons. The molecule has 0 saturated carbocycles. The number of nitrogens with one attached hydrogen (secondary N) is 1. The number of piperazine rings is 1. The lowest BCUT2D eigenvalue weighted by Crippen LogP contribution is -2.50. The standard InChI is InChI=1S/C31H29ClFN9O2/c1-3-24(43)40-9-11-41(12-10-40)29-20-13-22(32)26(25-18(2)5-6-23-21(25)14-36-39-23)27(33)28(20)37-31(38-29)44-17-19-15-42(16-19)30-34-7-4-8-35-30/h3-8,13-14,19H,1,9-12,15-17H2,2H3,(H,36,39). The van der Waals surface area contributed by atoms with Crippen LogP contribution in [-0.4, -0.2) is 86.8 Å². The molecule has 0 bridgehead atoms. The Labute approximate surface area is 257 Å². The lowest BCUT2D eigenvalue weighted by Gasteiger charge is -2.38. The molecule has 7 rings (SSSR count). The van der Waals surface area contributed by atoms with Crippen molar-refractivity contribution in [3.05, 3.63) is 71.9 Å². The van der Waals surface area contributed by atoms with Gasteiger partial charge in [-0.1, -0.05) is 24.2 Å². The summed E-state index contributed by atoms with van der Waals surface area (Å²) in [6, 6.07) is 7.39. The maximum absolute atomic E-state index is 16.7. The molecule has 5 aromatic rings. The molecule has 1 N–H and O–H groups in total. The fraction of sp³-hybridized carbons (Fsp3) is 0.290. The Morgan fingerprint density at radius 3 is 2.64 bits per heavy atom. The first-order chi connectivity index (χ1) is 21.4. The van der Waals surface area contributed by atoms with Gasteiger partial charge in [0, 0.05) is 79.5 Å². The highest BCUT2D eigenvalue weighted by molar-refractivity contribution is 6.35. The third-order valence-corrected chi connectivity index (χ3v) is 8.53. The van der Waals surface area contributed by atoms with E-state index < -0.39 is 5.82 Å². The first-order valence-corrected chi connectivity index (χ1v) is 14.7. The third-order valence-electron chi connectivity index (χ3n) is 8.23. The van der Waals surface area contributed by atoms with Crippen molar-refractivity contribution >= 4 is 51.1 Å². The predicted octanol–water partition coefficient (Wildman–Crippen LogP) is 4.41. The van der Waals surface area contributed by atoms with Crippen LogP contribution in [-0.2, 0) is 4.79 Å². The van der Waals surface area contributed by atoms with Crippen LogP contribution in [0.1, 0.15) is 5.56 Å². The van der Waals surface area contributed by atoms with Gasteiger partial charge >= 0.3 is 6.01 Å². The van der Waals surface area contributed by atoms with E-state index in [2.05, 4.69) is 36.6 Å². The normalized spacial score (nSPS) is 15.6. The Bertz CT molecular complexity index is 1890. The lowest BCUT2D eigenvalue weighted by atomic mass is 9.95. The maximum Gasteiger partial charge on any atom is 0.319 e. The van der Waals surface area contributed by atoms with E-state index in [0.717, 1.165) is 29.6 Å². The number of aryl methyl sites for hydroxylation is 1. The van der Waals surface area contributed by atoms with Crippen molar-refractivity contribution in [1.82, 2.24) is 35.0 Å². The molecule has 2 saturated heterocycles. The van der Waals surface area contributed by atoms with Crippen molar-refractivity contribution in [3.63, 3.8) is 0 Å². The molecule has 3 aromatic heterocycles. The van der Waals surface area contributed by atoms with Gasteiger partial charge in [-0.15, -0.1) is 0 Å². The summed E-state index contributed by atoms with van der Waals surface area (Å²) in [5.74, 6) is 0.709. The monoisotopic (exact) mass is 613 g/mol. The summed E-state index contributed by atoms with van der Waals surface area (Å²) >= 11 is 6.86. The van der Waals surface area contributed by atoms with E-state index in [1.807, 2.05) is 24.0 Å². The van der Waals surface area contributed by atoms with Crippen LogP contribution in [0.25, 0.3) is 32.9 Å². The molecule has 1 amide bonds. The van der Waals surface area contributed by atoms with Gasteiger partial charge in [-0.05, 0) is 36.8 Å². The highest BCUT2D eigenvalue weighted by atomic mass is 35.5. The minimum Gasteiger partial charge on any atom is -0.463 e. The highest BCUT2D eigenvalue weighted by Gasteiger charge is 2.31. The fourth-order valence-electron chi connectivity index (χ4n) is 5.91. The number of aromatic nitrogens is 6. The van der Waals surface area contributed by atoms with E-state index in [0.29, 0.717) is 55.5 Å². The summed E-state index contributed by atoms with van der Waals surface area (Å²) in [6.45, 7) is 9.25. The largest absolute Gasteiger partial charge is 0.463 e. The Balaban J connectivity index is 1.25. The second-order valence-corrected chi connectivity index (χ2v) is 11.4. The average Bonchev–Trinajstić information content (AvgIpc) is 3.50. The Morgan fingerprint density at radius 2 is 1.89 bits per heavy atom. The second kappa shape index (κ2) is 11.3. The van der Waals surface area contributed by atoms with Crippen LogP contribution in [0.4, 0.5) is 16.2 Å². The van der Waals surface area contributed by atoms with Crippen molar-refractivity contribution in [1.29, 1.82) is 0 Å². The smallest absolute Gasteiger partial charge is 0.319 e. The van der Waals surface area contributed by atoms with E-state index in [9.17, 15) is 4.79 Å². The molecule has 0 unspecified atom stereocenters. The van der Waals surface area contributed by atoms with E-state index >= 15 is 4.39 Å². The number of ether oxygens (including phenoxy) is 1. The van der Waals surface area contributed by atoms with E-state index in [1.54, 1.807) is 35.6 Å². The molecule has 44 heavy (non-hydrogen) atoms. The molecule has 0 radical (unpaired) electrons. The molecular weight excluding hydrogens is 585 g/mol. The molecular formula is C31H29ClFN9O2. The molecule has 13 heteroatoms. The van der Waals surface area contributed by atoms with Crippen LogP contribution in [0.5, 0.6) is 6.01 Å². The number of benzene rings is 2. The first kappa shape index (κ1) is 28.0. The SMILES string of the molecule is C=CC(=O)N1CCN(c2nc(OCC3CN(c4ncccn4)C3)nc3c(F)c(-c4c(C)ccc5[nH]ncc45)c(Cl)cc23)CC1. The number of carbonyl (C=O) groups excluding carboxylic acids is 1. The summed E-state index contributed by atoms with van der Waals surface area (Å²) in [6.07, 6.45) is 6.41. The first-order valence-electron chi connectivity index (χ1n) is 14.3. The average molecular weight is 614 g/mol. The summed E-state index contributed by atoms with van der Waals surface area (Å²) in [5, 5.41) is 8.58. The van der Waals surface area contributed by atoms with Gasteiger partial charge in [0.05, 0.1) is 23.3 Å². The van der Waals surface area contributed by atoms with Gasteiger partial charge in [-0.25, -0.2) is 14.4 Å². The van der Waals surface area contributed by atoms with Gasteiger partial charge in [-0.2, -0.15) is 15.1 Å². The van der Waals surface area contributed by atoms with Crippen LogP contribution >= 0.6 is 11.6 Å². The highest BCUT2D eigenvalue weighted by Crippen LogP contribution is 2.42. The molecule has 2 fully saturated rings. The molecule has 0 atom stereocenters. The second-order valence-electron chi connectivity index (χ2n) is 11.0. The fourth-order valence-corrected chi connectivity index (χ4v) is 6.19. The van der Waals surface area contributed by atoms with Crippen LogP contribution in [0.3, 0.4) is 0 Å². The van der Waals surface area contributed by atoms with Gasteiger partial charge in [-0.3, -0.25) is 9.89 Å². The number of rotatable bonds is 7. The van der Waals surface area contributed by atoms with E-state index in [-0.39, 0.29) is 33.9 Å². The number of H-pyrrole nitrogens is 1. The zero-order valence-corrected chi connectivity index (χ0v) is 24.8. The number of amides is 1. The molecule has 5 heterocycles. The third kappa shape index (κ3) is 4.94. The lowest BCUT2D eigenvalue weighted by molar-refractivity contribution is -0.126. The molecule has 2 aromatic carbocycles. The van der Waals surface area contributed by atoms with Crippen LogP contribution in [0.2, 0.25) is 5.02 Å². The van der Waals surface area contributed by atoms with Crippen molar-refractivity contribution in [2.45, 2.75) is 6.92 Å². The number of aromatic amines is 1. The van der Waals surface area contributed by atoms with Gasteiger partial charge in [0.1, 0.15) is 11.3 Å². The quantitative estimate of drug-likeness (QED) is 0.266. The van der Waals surface area contributed by atoms with Gasteiger partial charge in [0.25, 0.3) is 0 Å². The Hall–Kier alpha value is -4.84. The summed E-state index contributed by atoms with van der Waals surface area (Å²) in [7, 11) is 0. The molecule has 0 aliphatic carbocycles. The molecule has 2 aliphatic heterocycles. The van der Waals surface area contributed by atoms with Crippen LogP contribution < -0.4 is 14.5 Å². The number of fused-ring (bicyclic) bond motifs is 2. The number of hydrogen-bond donors (Lipinski definition) is 1. The summed E-state index contributed by atoms with van der Waals surface area (Å²) in [4.78, 5) is 35.9. The topological polar surface area (TPSA) is 116 Å². The number of halogens is 2. The number of nitrogens with zero attached hydrogens (tertiary/aromatic N) is 8. The minimum absolute atomic E-state index is 0.0805. The van der Waals surface area contributed by atoms with Crippen LogP contribution in [0.15, 0.2) is 55.5 Å². The van der Waals surface area contributed by atoms with Gasteiger partial charge in [0.15, 0.2) is 5.82 Å². The molecule has 11 nitrogen and oxygen atoms in total. The number of carbonyl (C=O) groups is 1. The molecule has 2 aliphatic rings. The van der Waals surface area contributed by atoms with Crippen molar-refractivity contribution in [2.24, 2.45) is 5.92 Å². The maximum atomic E-state index is 16.7. The summed E-state index contributed by atoms with van der Waals surface area (Å²) in [5.41, 5.74) is 2.64. The number of hydrogen-bond acceptors (Lipinski definition) is 9. The van der Waals surface area contributed by atoms with E-state index in [1.165, 1.54) is 6.08 Å². The predicted molar refractivity (Wildman–Crippen MR) is 167 cm³/mol. The Morgan fingerprint density at radius 1 is 1.11 bits per heavy atom. The van der Waals surface area contributed by atoms with Crippen LogP contribution in [0, 0.1) is 18.7 Å². The van der Waals surface area contributed by atoms with Crippen molar-refractivity contribution in [3.8, 4) is 17.1 Å². The minimum atomic E-state index is -0.561. The number of anilines is 2. The Kier molecular flexibility index (Phi) is 7.21. The van der Waals surface area contributed by atoms with Crippen molar-refractivity contribution in [2.75, 3.05) is 55.7 Å². The molecule has 0 spiro atoms. The zero-order chi connectivity index (χ0) is 30.4. The van der Waals surface area contributed by atoms with Gasteiger partial charge in [0.2, 0.25) is 11.9 Å². The zero-order valence-electron chi connectivity index (χ0n) is 24.0. The van der Waals surface area contributed by atoms with Gasteiger partial charge < -0.3 is 19.4 Å². The summed E-state index contributed by atoms with van der Waals surface area (Å²) < 4.78 is 22.8. The van der Waals surface area contributed by atoms with E-state index in [4.69, 9.17) is 21.3 Å². The van der Waals surface area contributed by atoms with Crippen molar-refractivity contribution < 1.29 is 13.9 Å².